The summed E-state index contributed by atoms with van der Waals surface area (Å²) in [6.07, 6.45) is 2.83. The quantitative estimate of drug-likeness (QED) is 0.774. The first-order valence-electron chi connectivity index (χ1n) is 5.96. The van der Waals surface area contributed by atoms with E-state index in [4.69, 9.17) is 9.47 Å². The first-order valence-corrected chi connectivity index (χ1v) is 6.90. The van der Waals surface area contributed by atoms with Crippen LogP contribution in [0, 0.1) is 0 Å². The Hall–Kier alpha value is -0.710. The molecule has 1 aromatic rings. The topological polar surface area (TPSA) is 35.5 Å². The van der Waals surface area contributed by atoms with Gasteiger partial charge in [-0.25, -0.2) is 0 Å². The van der Waals surface area contributed by atoms with Crippen LogP contribution in [0.4, 0.5) is 0 Å². The van der Waals surface area contributed by atoms with Gasteiger partial charge in [0.1, 0.15) is 5.60 Å². The highest BCUT2D eigenvalue weighted by Crippen LogP contribution is 2.24. The van der Waals surface area contributed by atoms with Crippen LogP contribution in [0.2, 0.25) is 0 Å². The van der Waals surface area contributed by atoms with E-state index in [1.165, 1.54) is 11.3 Å². The van der Waals surface area contributed by atoms with E-state index < -0.39 is 5.60 Å². The maximum Gasteiger partial charge on any atom is 0.195 e. The standard InChI is InChI=1S/C13H18O3S/c1-13(2,12(14)10-6-8-17-9-10)16-11-5-3-4-7-15-11/h6,8-9,11H,3-5,7H2,1-2H3. The number of carbonyl (C=O) groups is 1. The highest BCUT2D eigenvalue weighted by Gasteiger charge is 2.33. The van der Waals surface area contributed by atoms with E-state index in [1.54, 1.807) is 0 Å². The van der Waals surface area contributed by atoms with Crippen LogP contribution in [0.15, 0.2) is 16.8 Å². The van der Waals surface area contributed by atoms with Crippen molar-refractivity contribution in [1.29, 1.82) is 0 Å². The van der Waals surface area contributed by atoms with Gasteiger partial charge in [0.15, 0.2) is 12.1 Å². The zero-order valence-electron chi connectivity index (χ0n) is 10.3. The number of hydrogen-bond acceptors (Lipinski definition) is 4. The molecule has 0 saturated carbocycles. The normalized spacial score (nSPS) is 21.4. The number of Topliss-reactive ketones (excluding diaryl/α,β-unsaturated/α-hetero) is 1. The maximum atomic E-state index is 12.2. The minimum Gasteiger partial charge on any atom is -0.353 e. The summed E-state index contributed by atoms with van der Waals surface area (Å²) >= 11 is 1.52. The van der Waals surface area contributed by atoms with Crippen LogP contribution < -0.4 is 0 Å². The fourth-order valence-corrected chi connectivity index (χ4v) is 2.56. The fraction of sp³-hybridized carbons (Fsp3) is 0.615. The molecule has 1 saturated heterocycles. The molecule has 0 aliphatic carbocycles. The summed E-state index contributed by atoms with van der Waals surface area (Å²) in [5, 5.41) is 3.76. The molecular weight excluding hydrogens is 236 g/mol. The minimum absolute atomic E-state index is 0.0212. The number of ketones is 1. The number of ether oxygens (including phenoxy) is 2. The molecule has 4 heteroatoms. The fourth-order valence-electron chi connectivity index (χ4n) is 1.93. The molecule has 2 heterocycles. The van der Waals surface area contributed by atoms with E-state index in [9.17, 15) is 4.79 Å². The third-order valence-corrected chi connectivity index (χ3v) is 3.58. The predicted octanol–water partition coefficient (Wildman–Crippen LogP) is 3.25. The van der Waals surface area contributed by atoms with Crippen LogP contribution in [0.25, 0.3) is 0 Å². The molecule has 1 unspecified atom stereocenters. The molecule has 1 fully saturated rings. The number of rotatable bonds is 4. The van der Waals surface area contributed by atoms with E-state index >= 15 is 0 Å². The van der Waals surface area contributed by atoms with Crippen molar-refractivity contribution < 1.29 is 14.3 Å². The Labute approximate surface area is 106 Å². The first kappa shape index (κ1) is 12.7. The third kappa shape index (κ3) is 3.15. The SMILES string of the molecule is CC(C)(OC1CCCCO1)C(=O)c1ccsc1. The van der Waals surface area contributed by atoms with Crippen molar-refractivity contribution in [3.05, 3.63) is 22.4 Å². The molecule has 0 spiro atoms. The summed E-state index contributed by atoms with van der Waals surface area (Å²) in [4.78, 5) is 12.2. The molecule has 17 heavy (non-hydrogen) atoms. The van der Waals surface area contributed by atoms with E-state index in [-0.39, 0.29) is 12.1 Å². The van der Waals surface area contributed by atoms with Gasteiger partial charge in [0, 0.05) is 17.6 Å². The largest absolute Gasteiger partial charge is 0.353 e. The molecule has 1 aliphatic rings. The maximum absolute atomic E-state index is 12.2. The Kier molecular flexibility index (Phi) is 3.97. The van der Waals surface area contributed by atoms with Crippen molar-refractivity contribution >= 4 is 17.1 Å². The Morgan fingerprint density at radius 2 is 2.35 bits per heavy atom. The summed E-state index contributed by atoms with van der Waals surface area (Å²) in [5.41, 5.74) is -0.0980. The average Bonchev–Trinajstić information content (AvgIpc) is 2.82. The number of carbonyl (C=O) groups excluding carboxylic acids is 1. The minimum atomic E-state index is -0.816. The molecular formula is C13H18O3S. The molecule has 0 N–H and O–H groups in total. The monoisotopic (exact) mass is 254 g/mol. The van der Waals surface area contributed by atoms with Crippen LogP contribution in [0.3, 0.4) is 0 Å². The number of hydrogen-bond donors (Lipinski definition) is 0. The van der Waals surface area contributed by atoms with Gasteiger partial charge in [0.2, 0.25) is 0 Å². The van der Waals surface area contributed by atoms with Crippen LogP contribution in [-0.2, 0) is 9.47 Å². The van der Waals surface area contributed by atoms with Gasteiger partial charge in [-0.05, 0) is 44.6 Å². The van der Waals surface area contributed by atoms with Gasteiger partial charge < -0.3 is 9.47 Å². The van der Waals surface area contributed by atoms with Crippen molar-refractivity contribution in [1.82, 2.24) is 0 Å². The summed E-state index contributed by atoms with van der Waals surface area (Å²) < 4.78 is 11.3. The Bertz CT molecular complexity index is 364. The van der Waals surface area contributed by atoms with Gasteiger partial charge in [-0.3, -0.25) is 4.79 Å². The van der Waals surface area contributed by atoms with Gasteiger partial charge >= 0.3 is 0 Å². The van der Waals surface area contributed by atoms with Gasteiger partial charge in [-0.15, -0.1) is 0 Å². The lowest BCUT2D eigenvalue weighted by Gasteiger charge is -2.31. The first-order chi connectivity index (χ1) is 8.09. The molecule has 1 aromatic heterocycles. The Morgan fingerprint density at radius 1 is 1.53 bits per heavy atom. The second-order valence-electron chi connectivity index (χ2n) is 4.77. The van der Waals surface area contributed by atoms with Crippen molar-refractivity contribution in [2.75, 3.05) is 6.61 Å². The van der Waals surface area contributed by atoms with Crippen LogP contribution in [0.5, 0.6) is 0 Å². The molecule has 0 bridgehead atoms. The molecule has 0 aromatic carbocycles. The second kappa shape index (κ2) is 5.29. The Morgan fingerprint density at radius 3 is 2.94 bits per heavy atom. The lowest BCUT2D eigenvalue weighted by atomic mass is 9.98. The van der Waals surface area contributed by atoms with Crippen LogP contribution in [0.1, 0.15) is 43.5 Å². The smallest absolute Gasteiger partial charge is 0.195 e. The van der Waals surface area contributed by atoms with E-state index in [2.05, 4.69) is 0 Å². The van der Waals surface area contributed by atoms with Gasteiger partial charge in [0.25, 0.3) is 0 Å². The van der Waals surface area contributed by atoms with Crippen LogP contribution in [-0.4, -0.2) is 24.3 Å². The van der Waals surface area contributed by atoms with Crippen molar-refractivity contribution in [3.8, 4) is 0 Å². The third-order valence-electron chi connectivity index (χ3n) is 2.89. The summed E-state index contributed by atoms with van der Waals surface area (Å²) in [6, 6.07) is 1.83. The van der Waals surface area contributed by atoms with Gasteiger partial charge in [0.05, 0.1) is 0 Å². The van der Waals surface area contributed by atoms with E-state index in [0.29, 0.717) is 0 Å². The van der Waals surface area contributed by atoms with E-state index in [1.807, 2.05) is 30.7 Å². The molecule has 3 nitrogen and oxygen atoms in total. The molecule has 94 valence electrons. The predicted molar refractivity (Wildman–Crippen MR) is 67.4 cm³/mol. The number of thiophene rings is 1. The second-order valence-corrected chi connectivity index (χ2v) is 5.55. The Balaban J connectivity index is 2.00. The van der Waals surface area contributed by atoms with Crippen molar-refractivity contribution in [2.24, 2.45) is 0 Å². The van der Waals surface area contributed by atoms with Crippen LogP contribution >= 0.6 is 11.3 Å². The average molecular weight is 254 g/mol. The summed E-state index contributed by atoms with van der Waals surface area (Å²) in [6.45, 7) is 4.35. The molecule has 0 radical (unpaired) electrons. The van der Waals surface area contributed by atoms with Gasteiger partial charge in [-0.1, -0.05) is 0 Å². The molecule has 0 amide bonds. The lowest BCUT2D eigenvalue weighted by molar-refractivity contribution is -0.200. The zero-order chi connectivity index (χ0) is 12.3. The highest BCUT2D eigenvalue weighted by atomic mass is 32.1. The van der Waals surface area contributed by atoms with E-state index in [0.717, 1.165) is 31.4 Å². The lowest BCUT2D eigenvalue weighted by Crippen LogP contribution is -2.40. The van der Waals surface area contributed by atoms with Crippen molar-refractivity contribution in [2.45, 2.75) is 45.0 Å². The highest BCUT2D eigenvalue weighted by molar-refractivity contribution is 7.08. The van der Waals surface area contributed by atoms with Gasteiger partial charge in [-0.2, -0.15) is 11.3 Å². The summed E-state index contributed by atoms with van der Waals surface area (Å²) in [7, 11) is 0. The molecule has 2 rings (SSSR count). The zero-order valence-corrected chi connectivity index (χ0v) is 11.1. The van der Waals surface area contributed by atoms with Crippen molar-refractivity contribution in [3.63, 3.8) is 0 Å². The summed E-state index contributed by atoms with van der Waals surface area (Å²) in [5.74, 6) is 0.0212. The molecule has 1 aliphatic heterocycles. The molecule has 1 atom stereocenters.